The van der Waals surface area contributed by atoms with Crippen LogP contribution in [0.2, 0.25) is 0 Å². The molecule has 0 radical (unpaired) electrons. The fraction of sp³-hybridized carbons (Fsp3) is 0.500. The van der Waals surface area contributed by atoms with Crippen molar-refractivity contribution in [2.45, 2.75) is 58.3 Å². The SMILES string of the molecule is CCCCCCCCCC=C/C=C/C=C/C=C\C(=O)O. The zero-order chi connectivity index (χ0) is 14.9. The summed E-state index contributed by atoms with van der Waals surface area (Å²) in [5, 5.41) is 8.37. The van der Waals surface area contributed by atoms with Crippen LogP contribution in [-0.4, -0.2) is 11.1 Å². The summed E-state index contributed by atoms with van der Waals surface area (Å²) in [5.41, 5.74) is 0. The third kappa shape index (κ3) is 16.4. The zero-order valence-electron chi connectivity index (χ0n) is 12.6. The van der Waals surface area contributed by atoms with Crippen molar-refractivity contribution in [2.75, 3.05) is 0 Å². The predicted octanol–water partition coefficient (Wildman–Crippen LogP) is 5.44. The Morgan fingerprint density at radius 3 is 2.00 bits per heavy atom. The molecule has 0 bridgehead atoms. The van der Waals surface area contributed by atoms with Crippen LogP contribution in [0.3, 0.4) is 0 Å². The van der Waals surface area contributed by atoms with Crippen molar-refractivity contribution in [3.8, 4) is 0 Å². The molecular weight excluding hydrogens is 248 g/mol. The van der Waals surface area contributed by atoms with Crippen molar-refractivity contribution in [3.63, 3.8) is 0 Å². The van der Waals surface area contributed by atoms with Crippen LogP contribution in [0.4, 0.5) is 0 Å². The number of hydrogen-bond donors (Lipinski definition) is 1. The van der Waals surface area contributed by atoms with Gasteiger partial charge < -0.3 is 5.11 Å². The van der Waals surface area contributed by atoms with Gasteiger partial charge in [-0.05, 0) is 12.8 Å². The van der Waals surface area contributed by atoms with E-state index in [0.717, 1.165) is 12.5 Å². The molecule has 0 spiro atoms. The van der Waals surface area contributed by atoms with Crippen LogP contribution in [0.25, 0.3) is 0 Å². The summed E-state index contributed by atoms with van der Waals surface area (Å²) in [6, 6.07) is 0. The van der Waals surface area contributed by atoms with E-state index in [-0.39, 0.29) is 0 Å². The van der Waals surface area contributed by atoms with Gasteiger partial charge in [0.2, 0.25) is 0 Å². The molecule has 20 heavy (non-hydrogen) atoms. The van der Waals surface area contributed by atoms with E-state index in [4.69, 9.17) is 5.11 Å². The molecule has 112 valence electrons. The number of unbranched alkanes of at least 4 members (excludes halogenated alkanes) is 7. The second-order valence-corrected chi connectivity index (χ2v) is 4.81. The number of carboxylic acid groups (broad SMARTS) is 1. The molecule has 0 aromatic heterocycles. The number of rotatable bonds is 12. The van der Waals surface area contributed by atoms with Crippen LogP contribution in [0.5, 0.6) is 0 Å². The van der Waals surface area contributed by atoms with Crippen LogP contribution in [-0.2, 0) is 4.79 Å². The van der Waals surface area contributed by atoms with Crippen LogP contribution >= 0.6 is 0 Å². The van der Waals surface area contributed by atoms with E-state index in [9.17, 15) is 4.79 Å². The van der Waals surface area contributed by atoms with Crippen molar-refractivity contribution in [1.29, 1.82) is 0 Å². The first kappa shape index (κ1) is 18.4. The molecule has 0 atom stereocenters. The number of aliphatic carboxylic acids is 1. The van der Waals surface area contributed by atoms with Crippen molar-refractivity contribution in [3.05, 3.63) is 48.6 Å². The maximum absolute atomic E-state index is 10.2. The molecule has 0 aliphatic rings. The third-order valence-corrected chi connectivity index (χ3v) is 2.90. The van der Waals surface area contributed by atoms with Gasteiger partial charge in [-0.15, -0.1) is 0 Å². The van der Waals surface area contributed by atoms with Gasteiger partial charge in [0.15, 0.2) is 0 Å². The Morgan fingerprint density at radius 1 is 0.800 bits per heavy atom. The summed E-state index contributed by atoms with van der Waals surface area (Å²) in [7, 11) is 0. The first-order valence-electron chi connectivity index (χ1n) is 7.67. The van der Waals surface area contributed by atoms with Gasteiger partial charge in [-0.1, -0.05) is 88.0 Å². The quantitative estimate of drug-likeness (QED) is 0.293. The lowest BCUT2D eigenvalue weighted by atomic mass is 10.1. The Bertz CT molecular complexity index is 335. The standard InChI is InChI=1S/C18H28O2/c1-2-3-4-5-6-7-8-9-10-11-12-13-14-15-16-17-18(19)20/h10-17H,2-9H2,1H3,(H,19,20)/b11-10?,13-12+,15-14+,17-16-. The maximum Gasteiger partial charge on any atom is 0.328 e. The molecule has 0 aromatic carbocycles. The van der Waals surface area contributed by atoms with Crippen LogP contribution < -0.4 is 0 Å². The second kappa shape index (κ2) is 15.5. The van der Waals surface area contributed by atoms with E-state index in [1.54, 1.807) is 6.08 Å². The highest BCUT2D eigenvalue weighted by Crippen LogP contribution is 2.08. The van der Waals surface area contributed by atoms with Gasteiger partial charge in [-0.3, -0.25) is 0 Å². The van der Waals surface area contributed by atoms with E-state index >= 15 is 0 Å². The molecule has 0 saturated heterocycles. The Hall–Kier alpha value is -1.57. The maximum atomic E-state index is 10.2. The van der Waals surface area contributed by atoms with Gasteiger partial charge in [0.05, 0.1) is 0 Å². The lowest BCUT2D eigenvalue weighted by Crippen LogP contribution is -1.84. The Labute approximate surface area is 123 Å². The average Bonchev–Trinajstić information content (AvgIpc) is 2.43. The summed E-state index contributed by atoms with van der Waals surface area (Å²) in [5.74, 6) is -0.923. The predicted molar refractivity (Wildman–Crippen MR) is 86.8 cm³/mol. The molecule has 2 nitrogen and oxygen atoms in total. The Kier molecular flexibility index (Phi) is 14.3. The first-order valence-corrected chi connectivity index (χ1v) is 7.67. The summed E-state index contributed by atoms with van der Waals surface area (Å²) < 4.78 is 0. The largest absolute Gasteiger partial charge is 0.478 e. The summed E-state index contributed by atoms with van der Waals surface area (Å²) in [6.45, 7) is 2.25. The van der Waals surface area contributed by atoms with Gasteiger partial charge in [0.25, 0.3) is 0 Å². The first-order chi connectivity index (χ1) is 9.77. The van der Waals surface area contributed by atoms with Gasteiger partial charge in [-0.25, -0.2) is 4.79 Å². The van der Waals surface area contributed by atoms with Crippen LogP contribution in [0, 0.1) is 0 Å². The molecule has 0 heterocycles. The van der Waals surface area contributed by atoms with E-state index in [2.05, 4.69) is 13.0 Å². The molecule has 0 amide bonds. The molecule has 0 unspecified atom stereocenters. The van der Waals surface area contributed by atoms with Gasteiger partial charge >= 0.3 is 5.97 Å². The molecule has 2 heteroatoms. The van der Waals surface area contributed by atoms with Gasteiger partial charge in [-0.2, -0.15) is 0 Å². The fourth-order valence-corrected chi connectivity index (χ4v) is 1.79. The minimum absolute atomic E-state index is 0.923. The normalized spacial score (nSPS) is 12.4. The number of hydrogen-bond acceptors (Lipinski definition) is 1. The van der Waals surface area contributed by atoms with Gasteiger partial charge in [0, 0.05) is 6.08 Å². The summed E-state index contributed by atoms with van der Waals surface area (Å²) in [6.07, 6.45) is 24.8. The van der Waals surface area contributed by atoms with Crippen molar-refractivity contribution >= 4 is 5.97 Å². The number of allylic oxidation sites excluding steroid dienone is 7. The fourth-order valence-electron chi connectivity index (χ4n) is 1.79. The van der Waals surface area contributed by atoms with Crippen molar-refractivity contribution in [2.24, 2.45) is 0 Å². The minimum Gasteiger partial charge on any atom is -0.478 e. The van der Waals surface area contributed by atoms with Crippen LogP contribution in [0.1, 0.15) is 58.3 Å². The van der Waals surface area contributed by atoms with E-state index in [1.165, 1.54) is 51.0 Å². The highest BCUT2D eigenvalue weighted by atomic mass is 16.4. The zero-order valence-corrected chi connectivity index (χ0v) is 12.6. The smallest absolute Gasteiger partial charge is 0.328 e. The second-order valence-electron chi connectivity index (χ2n) is 4.81. The lowest BCUT2D eigenvalue weighted by molar-refractivity contribution is -0.131. The van der Waals surface area contributed by atoms with E-state index in [0.29, 0.717) is 0 Å². The molecule has 0 fully saturated rings. The molecule has 0 aliphatic carbocycles. The topological polar surface area (TPSA) is 37.3 Å². The summed E-state index contributed by atoms with van der Waals surface area (Å²) >= 11 is 0. The lowest BCUT2D eigenvalue weighted by Gasteiger charge is -1.98. The summed E-state index contributed by atoms with van der Waals surface area (Å²) in [4.78, 5) is 10.2. The Morgan fingerprint density at radius 2 is 1.35 bits per heavy atom. The molecule has 0 aromatic rings. The van der Waals surface area contributed by atoms with Crippen molar-refractivity contribution < 1.29 is 9.90 Å². The van der Waals surface area contributed by atoms with E-state index < -0.39 is 5.97 Å². The van der Waals surface area contributed by atoms with Gasteiger partial charge in [0.1, 0.15) is 0 Å². The number of carboxylic acids is 1. The average molecular weight is 276 g/mol. The Balaban J connectivity index is 3.41. The number of carbonyl (C=O) groups is 1. The van der Waals surface area contributed by atoms with Crippen LogP contribution in [0.15, 0.2) is 48.6 Å². The highest BCUT2D eigenvalue weighted by molar-refractivity contribution is 5.80. The molecule has 0 saturated carbocycles. The molecule has 0 rings (SSSR count). The molecule has 0 aliphatic heterocycles. The minimum atomic E-state index is -0.923. The third-order valence-electron chi connectivity index (χ3n) is 2.90. The van der Waals surface area contributed by atoms with E-state index in [1.807, 2.05) is 24.3 Å². The monoisotopic (exact) mass is 276 g/mol. The molecule has 1 N–H and O–H groups in total. The van der Waals surface area contributed by atoms with Crippen molar-refractivity contribution in [1.82, 2.24) is 0 Å². The molecular formula is C18H28O2. The highest BCUT2D eigenvalue weighted by Gasteiger charge is 1.88.